The van der Waals surface area contributed by atoms with E-state index < -0.39 is 11.2 Å². The van der Waals surface area contributed by atoms with Crippen LogP contribution in [0.3, 0.4) is 0 Å². The van der Waals surface area contributed by atoms with Gasteiger partial charge in [0.2, 0.25) is 0 Å². The van der Waals surface area contributed by atoms with Gasteiger partial charge in [0.25, 0.3) is 0 Å². The molecule has 0 aliphatic heterocycles. The third-order valence-corrected chi connectivity index (χ3v) is 4.24. The molecule has 60 valence electrons. The van der Waals surface area contributed by atoms with Gasteiger partial charge in [0.05, 0.1) is 0 Å². The first kappa shape index (κ1) is 8.41. The van der Waals surface area contributed by atoms with E-state index in [9.17, 15) is 4.55 Å². The van der Waals surface area contributed by atoms with Gasteiger partial charge in [-0.3, -0.25) is 0 Å². The van der Waals surface area contributed by atoms with Crippen molar-refractivity contribution in [2.24, 2.45) is 0 Å². The Morgan fingerprint density at radius 2 is 1.80 bits per heavy atom. The highest BCUT2D eigenvalue weighted by atomic mass is 32.2. The highest BCUT2D eigenvalue weighted by Gasteiger charge is 2.37. The molecule has 2 heteroatoms. The number of hydrogen-bond donors (Lipinski definition) is 0. The molecule has 0 aromatic heterocycles. The Bertz CT molecular complexity index is 113. The summed E-state index contributed by atoms with van der Waals surface area (Å²) in [4.78, 5) is 0. The van der Waals surface area contributed by atoms with Crippen molar-refractivity contribution in [3.05, 3.63) is 0 Å². The molecule has 1 unspecified atom stereocenters. The van der Waals surface area contributed by atoms with Gasteiger partial charge in [-0.1, -0.05) is 0 Å². The quantitative estimate of drug-likeness (QED) is 0.539. The van der Waals surface area contributed by atoms with Crippen LogP contribution in [0.4, 0.5) is 0 Å². The summed E-state index contributed by atoms with van der Waals surface area (Å²) in [5, 5.41) is 0.514. The molecular weight excluding hydrogens is 144 g/mol. The van der Waals surface area contributed by atoms with Crippen molar-refractivity contribution >= 4 is 11.2 Å². The van der Waals surface area contributed by atoms with Crippen LogP contribution in [0.5, 0.6) is 0 Å². The van der Waals surface area contributed by atoms with Crippen molar-refractivity contribution in [2.45, 2.75) is 50.0 Å². The van der Waals surface area contributed by atoms with Gasteiger partial charge < -0.3 is 4.55 Å². The standard InChI is InChI=1S/C8H16OS/c1-8(2,3)10(9)7-5-4-6-7/h7H,4-6H2,1-3H3. The average Bonchev–Trinajstić information content (AvgIpc) is 1.57. The highest BCUT2D eigenvalue weighted by Crippen LogP contribution is 2.33. The Morgan fingerprint density at radius 1 is 1.30 bits per heavy atom. The minimum atomic E-state index is -0.595. The molecule has 0 spiro atoms. The van der Waals surface area contributed by atoms with E-state index in [4.69, 9.17) is 0 Å². The molecular formula is C8H16OS. The van der Waals surface area contributed by atoms with E-state index in [-0.39, 0.29) is 4.75 Å². The molecule has 1 aliphatic rings. The summed E-state index contributed by atoms with van der Waals surface area (Å²) in [6.07, 6.45) is 3.65. The minimum absolute atomic E-state index is 0.00505. The van der Waals surface area contributed by atoms with Crippen LogP contribution < -0.4 is 0 Å². The molecule has 1 fully saturated rings. The van der Waals surface area contributed by atoms with Gasteiger partial charge in [-0.2, -0.15) is 0 Å². The predicted octanol–water partition coefficient (Wildman–Crippen LogP) is 2.09. The summed E-state index contributed by atoms with van der Waals surface area (Å²) >= 11 is -0.595. The van der Waals surface area contributed by atoms with Crippen LogP contribution in [0.1, 0.15) is 40.0 Å². The number of rotatable bonds is 1. The first-order chi connectivity index (χ1) is 4.52. The molecule has 0 aromatic carbocycles. The predicted molar refractivity (Wildman–Crippen MR) is 45.5 cm³/mol. The van der Waals surface area contributed by atoms with E-state index in [1.807, 2.05) is 0 Å². The summed E-state index contributed by atoms with van der Waals surface area (Å²) in [7, 11) is 0. The molecule has 0 radical (unpaired) electrons. The summed E-state index contributed by atoms with van der Waals surface area (Å²) in [6, 6.07) is 0. The van der Waals surface area contributed by atoms with E-state index in [0.29, 0.717) is 5.25 Å². The Hall–Kier alpha value is 0.310. The van der Waals surface area contributed by atoms with Crippen LogP contribution >= 0.6 is 0 Å². The fourth-order valence-electron chi connectivity index (χ4n) is 1.08. The molecule has 0 saturated heterocycles. The van der Waals surface area contributed by atoms with Crippen LogP contribution in [0, 0.1) is 0 Å². The second-order valence-electron chi connectivity index (χ2n) is 3.96. The van der Waals surface area contributed by atoms with E-state index >= 15 is 0 Å². The minimum Gasteiger partial charge on any atom is -0.616 e. The summed E-state index contributed by atoms with van der Waals surface area (Å²) in [5.74, 6) is 0. The largest absolute Gasteiger partial charge is 0.616 e. The molecule has 1 saturated carbocycles. The topological polar surface area (TPSA) is 23.1 Å². The first-order valence-corrected chi connectivity index (χ1v) is 5.14. The Morgan fingerprint density at radius 3 is 1.90 bits per heavy atom. The van der Waals surface area contributed by atoms with Gasteiger partial charge >= 0.3 is 0 Å². The molecule has 10 heavy (non-hydrogen) atoms. The summed E-state index contributed by atoms with van der Waals surface area (Å²) in [6.45, 7) is 6.17. The van der Waals surface area contributed by atoms with Crippen LogP contribution in [0.2, 0.25) is 0 Å². The SMILES string of the molecule is CC(C)(C)[S+]([O-])C1CCC1. The fraction of sp³-hybridized carbons (Fsp3) is 1.00. The lowest BCUT2D eigenvalue weighted by atomic mass is 10.00. The molecule has 0 amide bonds. The van der Waals surface area contributed by atoms with Gasteiger partial charge in [0.1, 0.15) is 10.00 Å². The zero-order valence-corrected chi connectivity index (χ0v) is 7.83. The van der Waals surface area contributed by atoms with Gasteiger partial charge in [-0.15, -0.1) is 0 Å². The monoisotopic (exact) mass is 160 g/mol. The van der Waals surface area contributed by atoms with Crippen LogP contribution in [-0.2, 0) is 11.2 Å². The van der Waals surface area contributed by atoms with Gasteiger partial charge in [-0.05, 0) is 51.2 Å². The van der Waals surface area contributed by atoms with Gasteiger partial charge in [0.15, 0.2) is 0 Å². The average molecular weight is 160 g/mol. The third-order valence-electron chi connectivity index (χ3n) is 1.96. The van der Waals surface area contributed by atoms with Crippen LogP contribution in [0.15, 0.2) is 0 Å². The van der Waals surface area contributed by atoms with Gasteiger partial charge in [0, 0.05) is 0 Å². The Labute approximate surface area is 66.4 Å². The second-order valence-corrected chi connectivity index (χ2v) is 6.45. The highest BCUT2D eigenvalue weighted by molar-refractivity contribution is 7.93. The van der Waals surface area contributed by atoms with E-state index in [1.54, 1.807) is 0 Å². The maximum Gasteiger partial charge on any atom is 0.117 e. The summed E-state index contributed by atoms with van der Waals surface area (Å²) < 4.78 is 11.6. The van der Waals surface area contributed by atoms with Crippen molar-refractivity contribution in [1.82, 2.24) is 0 Å². The second kappa shape index (κ2) is 2.74. The smallest absolute Gasteiger partial charge is 0.117 e. The number of hydrogen-bond acceptors (Lipinski definition) is 1. The summed E-state index contributed by atoms with van der Waals surface area (Å²) in [5.41, 5.74) is 0. The van der Waals surface area contributed by atoms with E-state index in [1.165, 1.54) is 19.3 Å². The lowest BCUT2D eigenvalue weighted by Crippen LogP contribution is -2.40. The Balaban J connectivity index is 2.39. The lowest BCUT2D eigenvalue weighted by Gasteiger charge is -2.35. The molecule has 1 atom stereocenters. The van der Waals surface area contributed by atoms with Crippen LogP contribution in [0.25, 0.3) is 0 Å². The molecule has 1 rings (SSSR count). The third kappa shape index (κ3) is 1.67. The maximum absolute atomic E-state index is 11.6. The molecule has 1 aliphatic carbocycles. The van der Waals surface area contributed by atoms with E-state index in [0.717, 1.165) is 0 Å². The maximum atomic E-state index is 11.6. The van der Waals surface area contributed by atoms with E-state index in [2.05, 4.69) is 20.8 Å². The Kier molecular flexibility index (Phi) is 2.31. The molecule has 0 heterocycles. The van der Waals surface area contributed by atoms with Crippen molar-refractivity contribution in [1.29, 1.82) is 0 Å². The molecule has 1 nitrogen and oxygen atoms in total. The molecule has 0 N–H and O–H groups in total. The lowest BCUT2D eigenvalue weighted by molar-refractivity contribution is 0.460. The van der Waals surface area contributed by atoms with Crippen molar-refractivity contribution in [3.63, 3.8) is 0 Å². The fourth-order valence-corrected chi connectivity index (χ4v) is 2.85. The molecule has 0 bridgehead atoms. The zero-order valence-electron chi connectivity index (χ0n) is 7.02. The van der Waals surface area contributed by atoms with Crippen molar-refractivity contribution in [2.75, 3.05) is 0 Å². The first-order valence-electron chi connectivity index (χ1n) is 3.92. The van der Waals surface area contributed by atoms with Crippen molar-refractivity contribution in [3.8, 4) is 0 Å². The zero-order chi connectivity index (χ0) is 7.78. The van der Waals surface area contributed by atoms with Crippen LogP contribution in [-0.4, -0.2) is 14.5 Å². The van der Waals surface area contributed by atoms with Gasteiger partial charge in [-0.25, -0.2) is 0 Å². The normalized spacial score (nSPS) is 24.0. The molecule has 0 aromatic rings. The van der Waals surface area contributed by atoms with Crippen molar-refractivity contribution < 1.29 is 4.55 Å².